The Morgan fingerprint density at radius 1 is 0.957 bits per heavy atom. The Labute approximate surface area is 133 Å². The van der Waals surface area contributed by atoms with Crippen LogP contribution in [0.3, 0.4) is 0 Å². The van der Waals surface area contributed by atoms with E-state index in [9.17, 15) is 9.59 Å². The molecule has 0 bridgehead atoms. The summed E-state index contributed by atoms with van der Waals surface area (Å²) in [5.41, 5.74) is 0.445. The number of ether oxygens (including phenoxy) is 1. The molecule has 0 radical (unpaired) electrons. The molecule has 0 amide bonds. The van der Waals surface area contributed by atoms with Crippen LogP contribution in [0, 0.1) is 0 Å². The van der Waals surface area contributed by atoms with Crippen molar-refractivity contribution in [3.05, 3.63) is 20.8 Å². The molecule has 0 saturated carbocycles. The van der Waals surface area contributed by atoms with Gasteiger partial charge in [0.15, 0.2) is 11.2 Å². The highest BCUT2D eigenvalue weighted by atomic mass is 16.5. The van der Waals surface area contributed by atoms with E-state index in [0.29, 0.717) is 44.0 Å². The lowest BCUT2D eigenvalue weighted by atomic mass is 10.4. The van der Waals surface area contributed by atoms with Gasteiger partial charge in [-0.25, -0.2) is 4.79 Å². The molecule has 2 aromatic rings. The third kappa shape index (κ3) is 2.37. The number of aryl methyl sites for hydroxylation is 2. The zero-order chi connectivity index (χ0) is 16.6. The molecule has 3 heterocycles. The molecule has 8 heteroatoms. The smallest absolute Gasteiger partial charge is 0.332 e. The summed E-state index contributed by atoms with van der Waals surface area (Å²) in [6, 6.07) is 0. The van der Waals surface area contributed by atoms with Crippen LogP contribution in [0.4, 0.5) is 5.95 Å². The largest absolute Gasteiger partial charge is 0.378 e. The van der Waals surface area contributed by atoms with Crippen molar-refractivity contribution >= 4 is 17.1 Å². The molecular formula is C15H23N5O3. The van der Waals surface area contributed by atoms with Gasteiger partial charge in [-0.05, 0) is 20.8 Å². The lowest BCUT2D eigenvalue weighted by Crippen LogP contribution is -2.40. The molecule has 8 nitrogen and oxygen atoms in total. The van der Waals surface area contributed by atoms with Gasteiger partial charge in [0.1, 0.15) is 0 Å². The van der Waals surface area contributed by atoms with Gasteiger partial charge in [-0.15, -0.1) is 0 Å². The number of anilines is 1. The molecule has 23 heavy (non-hydrogen) atoms. The van der Waals surface area contributed by atoms with E-state index in [1.54, 1.807) is 4.57 Å². The molecule has 0 spiro atoms. The van der Waals surface area contributed by atoms with E-state index in [0.717, 1.165) is 19.0 Å². The maximum absolute atomic E-state index is 12.8. The van der Waals surface area contributed by atoms with E-state index in [4.69, 9.17) is 4.74 Å². The first-order valence-corrected chi connectivity index (χ1v) is 8.20. The van der Waals surface area contributed by atoms with Gasteiger partial charge in [-0.3, -0.25) is 13.9 Å². The van der Waals surface area contributed by atoms with Crippen molar-refractivity contribution in [3.8, 4) is 0 Å². The van der Waals surface area contributed by atoms with Crippen molar-refractivity contribution < 1.29 is 4.74 Å². The number of hydrogen-bond acceptors (Lipinski definition) is 5. The fraction of sp³-hybridized carbons (Fsp3) is 0.667. The second kappa shape index (κ2) is 6.19. The van der Waals surface area contributed by atoms with Crippen molar-refractivity contribution in [2.24, 2.45) is 0 Å². The van der Waals surface area contributed by atoms with Gasteiger partial charge in [-0.2, -0.15) is 4.98 Å². The van der Waals surface area contributed by atoms with Crippen molar-refractivity contribution in [1.29, 1.82) is 0 Å². The van der Waals surface area contributed by atoms with Crippen molar-refractivity contribution in [1.82, 2.24) is 18.7 Å². The number of hydrogen-bond donors (Lipinski definition) is 0. The van der Waals surface area contributed by atoms with Crippen molar-refractivity contribution in [3.63, 3.8) is 0 Å². The maximum Gasteiger partial charge on any atom is 0.332 e. The van der Waals surface area contributed by atoms with E-state index in [-0.39, 0.29) is 11.2 Å². The van der Waals surface area contributed by atoms with Gasteiger partial charge in [-0.1, -0.05) is 0 Å². The van der Waals surface area contributed by atoms with Crippen LogP contribution in [0.25, 0.3) is 11.2 Å². The van der Waals surface area contributed by atoms with Crippen LogP contribution in [-0.4, -0.2) is 45.0 Å². The zero-order valence-corrected chi connectivity index (χ0v) is 13.9. The van der Waals surface area contributed by atoms with Gasteiger partial charge in [0, 0.05) is 32.7 Å². The minimum absolute atomic E-state index is 0.258. The van der Waals surface area contributed by atoms with Crippen LogP contribution in [0.15, 0.2) is 9.59 Å². The summed E-state index contributed by atoms with van der Waals surface area (Å²) in [4.78, 5) is 32.0. The highest BCUT2D eigenvalue weighted by Crippen LogP contribution is 2.20. The number of rotatable bonds is 4. The molecule has 0 aliphatic carbocycles. The average molecular weight is 321 g/mol. The Morgan fingerprint density at radius 3 is 2.13 bits per heavy atom. The van der Waals surface area contributed by atoms with Gasteiger partial charge >= 0.3 is 5.69 Å². The summed E-state index contributed by atoms with van der Waals surface area (Å²) in [6.07, 6.45) is 0. The molecule has 126 valence electrons. The van der Waals surface area contributed by atoms with Crippen LogP contribution in [0.1, 0.15) is 20.8 Å². The SMILES string of the molecule is CCn1c(=O)c2c(nc(N3CCOCC3)n2CC)n(CC)c1=O. The molecule has 3 rings (SSSR count). The topological polar surface area (TPSA) is 74.3 Å². The monoisotopic (exact) mass is 321 g/mol. The standard InChI is InChI=1S/C15H23N5O3/c1-4-18-11-12(16-14(18)17-7-9-23-10-8-17)19(5-2)15(22)20(6-3)13(11)21/h4-10H2,1-3H3. The van der Waals surface area contributed by atoms with Crippen LogP contribution in [0.5, 0.6) is 0 Å². The Hall–Kier alpha value is -2.09. The summed E-state index contributed by atoms with van der Waals surface area (Å²) in [5.74, 6) is 0.748. The minimum Gasteiger partial charge on any atom is -0.378 e. The number of imidazole rings is 1. The molecule has 2 aromatic heterocycles. The summed E-state index contributed by atoms with van der Waals surface area (Å²) >= 11 is 0. The first kappa shape index (κ1) is 15.8. The second-order valence-corrected chi connectivity index (χ2v) is 5.50. The number of aromatic nitrogens is 4. The zero-order valence-electron chi connectivity index (χ0n) is 13.9. The quantitative estimate of drug-likeness (QED) is 0.807. The Balaban J connectivity index is 2.34. The predicted octanol–water partition coefficient (Wildman–Crippen LogP) is 0.256. The number of fused-ring (bicyclic) bond motifs is 1. The molecule has 1 saturated heterocycles. The van der Waals surface area contributed by atoms with E-state index < -0.39 is 0 Å². The molecule has 1 aliphatic rings. The lowest BCUT2D eigenvalue weighted by molar-refractivity contribution is 0.121. The van der Waals surface area contributed by atoms with E-state index in [2.05, 4.69) is 9.88 Å². The van der Waals surface area contributed by atoms with Gasteiger partial charge in [0.05, 0.1) is 13.2 Å². The summed E-state index contributed by atoms with van der Waals surface area (Å²) in [6.45, 7) is 9.93. The first-order chi connectivity index (χ1) is 11.1. The molecule has 1 aliphatic heterocycles. The maximum atomic E-state index is 12.8. The number of morpholine rings is 1. The Morgan fingerprint density at radius 2 is 1.57 bits per heavy atom. The van der Waals surface area contributed by atoms with E-state index >= 15 is 0 Å². The fourth-order valence-electron chi connectivity index (χ4n) is 3.15. The van der Waals surface area contributed by atoms with E-state index in [1.807, 2.05) is 25.3 Å². The fourth-order valence-corrected chi connectivity index (χ4v) is 3.15. The molecule has 0 N–H and O–H groups in total. The van der Waals surface area contributed by atoms with E-state index in [1.165, 1.54) is 4.57 Å². The summed E-state index contributed by atoms with van der Waals surface area (Å²) < 4.78 is 10.2. The van der Waals surface area contributed by atoms with Crippen LogP contribution >= 0.6 is 0 Å². The van der Waals surface area contributed by atoms with Gasteiger partial charge in [0.25, 0.3) is 5.56 Å². The normalized spacial score (nSPS) is 15.5. The number of nitrogens with zero attached hydrogens (tertiary/aromatic N) is 5. The van der Waals surface area contributed by atoms with Crippen LogP contribution < -0.4 is 16.1 Å². The molecule has 0 unspecified atom stereocenters. The minimum atomic E-state index is -0.290. The van der Waals surface area contributed by atoms with Gasteiger partial charge in [0.2, 0.25) is 5.95 Å². The van der Waals surface area contributed by atoms with Crippen molar-refractivity contribution in [2.75, 3.05) is 31.2 Å². The first-order valence-electron chi connectivity index (χ1n) is 8.20. The van der Waals surface area contributed by atoms with Crippen LogP contribution in [0.2, 0.25) is 0 Å². The summed E-state index contributed by atoms with van der Waals surface area (Å²) in [5, 5.41) is 0. The highest BCUT2D eigenvalue weighted by Gasteiger charge is 2.23. The molecular weight excluding hydrogens is 298 g/mol. The second-order valence-electron chi connectivity index (χ2n) is 5.50. The summed E-state index contributed by atoms with van der Waals surface area (Å²) in [7, 11) is 0. The molecule has 0 atom stereocenters. The van der Waals surface area contributed by atoms with Crippen LogP contribution in [-0.2, 0) is 24.4 Å². The Kier molecular flexibility index (Phi) is 4.25. The predicted molar refractivity (Wildman–Crippen MR) is 88.3 cm³/mol. The molecule has 0 aromatic carbocycles. The Bertz CT molecular complexity index is 826. The molecule has 1 fully saturated rings. The third-order valence-corrected chi connectivity index (χ3v) is 4.34. The highest BCUT2D eigenvalue weighted by molar-refractivity contribution is 5.74. The third-order valence-electron chi connectivity index (χ3n) is 4.34. The van der Waals surface area contributed by atoms with Gasteiger partial charge < -0.3 is 14.2 Å². The average Bonchev–Trinajstić information content (AvgIpc) is 2.96. The lowest BCUT2D eigenvalue weighted by Gasteiger charge is -2.27. The van der Waals surface area contributed by atoms with Crippen molar-refractivity contribution in [2.45, 2.75) is 40.4 Å².